The van der Waals surface area contributed by atoms with Gasteiger partial charge in [0.1, 0.15) is 5.01 Å². The van der Waals surface area contributed by atoms with Crippen molar-refractivity contribution in [1.82, 2.24) is 10.3 Å². The highest BCUT2D eigenvalue weighted by molar-refractivity contribution is 9.10. The quantitative estimate of drug-likeness (QED) is 0.372. The van der Waals surface area contributed by atoms with Crippen molar-refractivity contribution in [3.8, 4) is 10.6 Å². The first-order valence-corrected chi connectivity index (χ1v) is 10.3. The third-order valence-electron chi connectivity index (χ3n) is 3.96. The summed E-state index contributed by atoms with van der Waals surface area (Å²) in [7, 11) is 0. The Morgan fingerprint density at radius 3 is 2.64 bits per heavy atom. The number of benzene rings is 2. The van der Waals surface area contributed by atoms with E-state index in [0.717, 1.165) is 21.8 Å². The van der Waals surface area contributed by atoms with Crippen LogP contribution in [0.5, 0.6) is 0 Å². The monoisotopic (exact) mass is 471 g/mol. The molecule has 0 unspecified atom stereocenters. The van der Waals surface area contributed by atoms with Crippen LogP contribution in [0.25, 0.3) is 20.8 Å². The van der Waals surface area contributed by atoms with Crippen LogP contribution in [0.4, 0.5) is 5.69 Å². The van der Waals surface area contributed by atoms with Crippen molar-refractivity contribution in [2.24, 2.45) is 0 Å². The predicted octanol–water partition coefficient (Wildman–Crippen LogP) is 5.75. The highest BCUT2D eigenvalue weighted by atomic mass is 79.9. The summed E-state index contributed by atoms with van der Waals surface area (Å²) in [6.07, 6.45) is 0. The van der Waals surface area contributed by atoms with E-state index in [1.807, 2.05) is 30.3 Å². The molecule has 0 radical (unpaired) electrons. The van der Waals surface area contributed by atoms with Crippen LogP contribution in [0, 0.1) is 6.92 Å². The Labute approximate surface area is 178 Å². The van der Waals surface area contributed by atoms with Crippen LogP contribution in [0.2, 0.25) is 0 Å². The molecule has 4 aromatic rings. The molecule has 2 N–H and O–H groups in total. The summed E-state index contributed by atoms with van der Waals surface area (Å²) in [5.74, 6) is -0.234. The minimum absolute atomic E-state index is 0.178. The predicted molar refractivity (Wildman–Crippen MR) is 120 cm³/mol. The molecule has 0 saturated carbocycles. The molecule has 0 aliphatic carbocycles. The van der Waals surface area contributed by atoms with Gasteiger partial charge in [0.25, 0.3) is 5.91 Å². The zero-order chi connectivity index (χ0) is 19.7. The van der Waals surface area contributed by atoms with Gasteiger partial charge in [-0.05, 0) is 89.2 Å². The largest absolute Gasteiger partial charge is 0.444 e. The van der Waals surface area contributed by atoms with E-state index in [9.17, 15) is 4.79 Å². The second-order valence-corrected chi connectivity index (χ2v) is 8.30. The molecule has 2 aromatic carbocycles. The summed E-state index contributed by atoms with van der Waals surface area (Å²) in [4.78, 5) is 16.7. The zero-order valence-electron chi connectivity index (χ0n) is 14.7. The molecule has 0 bridgehead atoms. The number of aromatic nitrogens is 1. The molecule has 5 nitrogen and oxygen atoms in total. The summed E-state index contributed by atoms with van der Waals surface area (Å²) >= 11 is 10.0. The van der Waals surface area contributed by atoms with Gasteiger partial charge in [-0.1, -0.05) is 6.07 Å². The Hall–Kier alpha value is -2.55. The average molecular weight is 472 g/mol. The van der Waals surface area contributed by atoms with Crippen LogP contribution in [-0.2, 0) is 0 Å². The van der Waals surface area contributed by atoms with E-state index in [1.165, 1.54) is 10.3 Å². The van der Waals surface area contributed by atoms with Gasteiger partial charge in [-0.3, -0.25) is 10.1 Å². The number of carbonyl (C=O) groups is 1. The van der Waals surface area contributed by atoms with Crippen LogP contribution < -0.4 is 10.6 Å². The molecule has 140 valence electrons. The fourth-order valence-corrected chi connectivity index (χ4v) is 4.20. The number of anilines is 1. The summed E-state index contributed by atoms with van der Waals surface area (Å²) in [5.41, 5.74) is 4.02. The van der Waals surface area contributed by atoms with Gasteiger partial charge >= 0.3 is 0 Å². The Morgan fingerprint density at radius 2 is 1.93 bits per heavy atom. The maximum atomic E-state index is 12.0. The van der Waals surface area contributed by atoms with Crippen molar-refractivity contribution in [3.05, 3.63) is 70.6 Å². The molecule has 1 amide bonds. The SMILES string of the molecule is Cc1ccc2nc(-c3ccc(NC(=S)NC(=O)c4ccc(Br)o4)cc3)sc2c1. The second-order valence-electron chi connectivity index (χ2n) is 6.08. The standard InChI is InChI=1S/C20H14BrN3O2S2/c1-11-2-7-14-16(10-11)28-19(23-14)12-3-5-13(6-4-12)22-20(27)24-18(25)15-8-9-17(21)26-15/h2-10H,1H3,(H2,22,24,25,27). The third kappa shape index (κ3) is 4.14. The first-order valence-electron chi connectivity index (χ1n) is 8.33. The van der Waals surface area contributed by atoms with Gasteiger partial charge in [0.2, 0.25) is 0 Å². The van der Waals surface area contributed by atoms with Crippen molar-refractivity contribution in [1.29, 1.82) is 0 Å². The number of aryl methyl sites for hydroxylation is 1. The number of rotatable bonds is 3. The lowest BCUT2D eigenvalue weighted by atomic mass is 10.2. The van der Waals surface area contributed by atoms with Gasteiger partial charge in [0, 0.05) is 11.3 Å². The lowest BCUT2D eigenvalue weighted by Gasteiger charge is -2.09. The molecule has 0 saturated heterocycles. The van der Waals surface area contributed by atoms with Crippen LogP contribution in [0.15, 0.2) is 63.7 Å². The van der Waals surface area contributed by atoms with Gasteiger partial charge in [-0.25, -0.2) is 4.98 Å². The number of hydrogen-bond donors (Lipinski definition) is 2. The Bertz CT molecular complexity index is 1180. The van der Waals surface area contributed by atoms with Crippen LogP contribution in [0.1, 0.15) is 16.1 Å². The minimum atomic E-state index is -0.412. The van der Waals surface area contributed by atoms with E-state index in [4.69, 9.17) is 21.6 Å². The average Bonchev–Trinajstić information content (AvgIpc) is 3.28. The van der Waals surface area contributed by atoms with Crippen molar-refractivity contribution in [2.45, 2.75) is 6.92 Å². The molecule has 0 atom stereocenters. The van der Waals surface area contributed by atoms with E-state index < -0.39 is 5.91 Å². The molecule has 0 aliphatic heterocycles. The van der Waals surface area contributed by atoms with Crippen molar-refractivity contribution in [3.63, 3.8) is 0 Å². The van der Waals surface area contributed by atoms with Crippen LogP contribution in [0.3, 0.4) is 0 Å². The van der Waals surface area contributed by atoms with Gasteiger partial charge in [-0.2, -0.15) is 0 Å². The first kappa shape index (κ1) is 18.8. The molecule has 8 heteroatoms. The summed E-state index contributed by atoms with van der Waals surface area (Å²) in [5, 5.41) is 6.73. The number of hydrogen-bond acceptors (Lipinski definition) is 5. The molecule has 0 aliphatic rings. The van der Waals surface area contributed by atoms with Crippen molar-refractivity contribution < 1.29 is 9.21 Å². The zero-order valence-corrected chi connectivity index (χ0v) is 17.9. The summed E-state index contributed by atoms with van der Waals surface area (Å²) in [6, 6.07) is 17.2. The van der Waals surface area contributed by atoms with Crippen LogP contribution in [-0.4, -0.2) is 16.0 Å². The molecular weight excluding hydrogens is 458 g/mol. The fraction of sp³-hybridized carbons (Fsp3) is 0.0500. The van der Waals surface area contributed by atoms with Crippen molar-refractivity contribution in [2.75, 3.05) is 5.32 Å². The number of nitrogens with zero attached hydrogens (tertiary/aromatic N) is 1. The van der Waals surface area contributed by atoms with Gasteiger partial charge in [0.15, 0.2) is 15.5 Å². The van der Waals surface area contributed by atoms with E-state index in [2.05, 4.69) is 45.6 Å². The number of halogens is 1. The molecule has 0 spiro atoms. The highest BCUT2D eigenvalue weighted by Crippen LogP contribution is 2.31. The molecule has 4 rings (SSSR count). The van der Waals surface area contributed by atoms with Crippen LogP contribution >= 0.6 is 39.5 Å². The van der Waals surface area contributed by atoms with Gasteiger partial charge in [-0.15, -0.1) is 11.3 Å². The Balaban J connectivity index is 1.43. The first-order chi connectivity index (χ1) is 13.5. The number of thiazole rings is 1. The number of nitrogens with one attached hydrogen (secondary N) is 2. The van der Waals surface area contributed by atoms with E-state index in [1.54, 1.807) is 23.5 Å². The molecule has 2 aromatic heterocycles. The molecule has 0 fully saturated rings. The molecular formula is C20H14BrN3O2S2. The Kier molecular flexibility index (Phi) is 5.25. The maximum absolute atomic E-state index is 12.0. The third-order valence-corrected chi connectivity index (χ3v) is 5.66. The Morgan fingerprint density at radius 1 is 1.14 bits per heavy atom. The maximum Gasteiger partial charge on any atom is 0.293 e. The topological polar surface area (TPSA) is 67.2 Å². The summed E-state index contributed by atoms with van der Waals surface area (Å²) < 4.78 is 6.86. The number of furan rings is 1. The molecule has 2 heterocycles. The normalized spacial score (nSPS) is 10.8. The van der Waals surface area contributed by atoms with Gasteiger partial charge in [0.05, 0.1) is 10.2 Å². The lowest BCUT2D eigenvalue weighted by molar-refractivity contribution is 0.0949. The van der Waals surface area contributed by atoms with E-state index >= 15 is 0 Å². The fourth-order valence-electron chi connectivity index (χ4n) is 2.61. The minimum Gasteiger partial charge on any atom is -0.444 e. The summed E-state index contributed by atoms with van der Waals surface area (Å²) in [6.45, 7) is 2.08. The highest BCUT2D eigenvalue weighted by Gasteiger charge is 2.12. The van der Waals surface area contributed by atoms with E-state index in [0.29, 0.717) is 4.67 Å². The number of amides is 1. The number of carbonyl (C=O) groups excluding carboxylic acids is 1. The van der Waals surface area contributed by atoms with E-state index in [-0.39, 0.29) is 10.9 Å². The lowest BCUT2D eigenvalue weighted by Crippen LogP contribution is -2.33. The number of fused-ring (bicyclic) bond motifs is 1. The van der Waals surface area contributed by atoms with Gasteiger partial charge < -0.3 is 9.73 Å². The number of thiocarbonyl (C=S) groups is 1. The molecule has 28 heavy (non-hydrogen) atoms. The second kappa shape index (κ2) is 7.83. The van der Waals surface area contributed by atoms with Crippen molar-refractivity contribution >= 4 is 66.4 Å². The smallest absolute Gasteiger partial charge is 0.293 e.